The van der Waals surface area contributed by atoms with Crippen molar-refractivity contribution in [2.75, 3.05) is 13.2 Å². The maximum absolute atomic E-state index is 5.63. The number of aromatic nitrogens is 1. The van der Waals surface area contributed by atoms with E-state index in [2.05, 4.69) is 48.4 Å². The number of pyridine rings is 1. The minimum absolute atomic E-state index is 0.729. The highest BCUT2D eigenvalue weighted by atomic mass is 16.5. The summed E-state index contributed by atoms with van der Waals surface area (Å²) in [4.78, 5) is 4.26. The fourth-order valence-electron chi connectivity index (χ4n) is 2.10. The zero-order valence-corrected chi connectivity index (χ0v) is 12.9. The molecule has 0 bridgehead atoms. The summed E-state index contributed by atoms with van der Waals surface area (Å²) in [5.74, 6) is 0.836. The van der Waals surface area contributed by atoms with Gasteiger partial charge in [0, 0.05) is 18.3 Å². The Bertz CT molecular complexity index is 537. The highest BCUT2D eigenvalue weighted by Crippen LogP contribution is 2.23. The quantitative estimate of drug-likeness (QED) is 0.743. The number of hydrogen-bond acceptors (Lipinski definition) is 3. The summed E-state index contributed by atoms with van der Waals surface area (Å²) in [5, 5.41) is 3.41. The fraction of sp³-hybridized carbons (Fsp3) is 0.389. The highest BCUT2D eigenvalue weighted by molar-refractivity contribution is 5.64. The first-order valence-electron chi connectivity index (χ1n) is 7.71. The van der Waals surface area contributed by atoms with Crippen molar-refractivity contribution in [1.82, 2.24) is 10.3 Å². The number of nitrogens with one attached hydrogen (secondary N) is 1. The molecule has 1 N–H and O–H groups in total. The standard InChI is InChI=1S/C18H24N2O/c1-3-9-19-12-15-5-7-16(8-6-15)17-11-18(14-20-13-17)21-10-4-2/h5-8,11,13-14,19H,3-4,9-10,12H2,1-2H3. The number of hydrogen-bond donors (Lipinski definition) is 1. The Labute approximate surface area is 127 Å². The van der Waals surface area contributed by atoms with Crippen molar-refractivity contribution >= 4 is 0 Å². The average Bonchev–Trinajstić information content (AvgIpc) is 2.54. The molecule has 1 aromatic carbocycles. The summed E-state index contributed by atoms with van der Waals surface area (Å²) in [6, 6.07) is 10.7. The average molecular weight is 284 g/mol. The van der Waals surface area contributed by atoms with Gasteiger partial charge in [-0.1, -0.05) is 38.1 Å². The van der Waals surface area contributed by atoms with Crippen LogP contribution in [0.15, 0.2) is 42.7 Å². The summed E-state index contributed by atoms with van der Waals surface area (Å²) in [5.41, 5.74) is 3.57. The maximum Gasteiger partial charge on any atom is 0.138 e. The van der Waals surface area contributed by atoms with Crippen LogP contribution in [0.3, 0.4) is 0 Å². The lowest BCUT2D eigenvalue weighted by molar-refractivity contribution is 0.316. The second-order valence-corrected chi connectivity index (χ2v) is 5.13. The van der Waals surface area contributed by atoms with Gasteiger partial charge in [0.1, 0.15) is 5.75 Å². The third-order valence-electron chi connectivity index (χ3n) is 3.23. The van der Waals surface area contributed by atoms with Crippen LogP contribution in [-0.2, 0) is 6.54 Å². The second-order valence-electron chi connectivity index (χ2n) is 5.13. The summed E-state index contributed by atoms with van der Waals surface area (Å²) in [7, 11) is 0. The van der Waals surface area contributed by atoms with E-state index in [9.17, 15) is 0 Å². The minimum atomic E-state index is 0.729. The highest BCUT2D eigenvalue weighted by Gasteiger charge is 2.01. The Balaban J connectivity index is 2.04. The summed E-state index contributed by atoms with van der Waals surface area (Å²) in [6.07, 6.45) is 5.81. The van der Waals surface area contributed by atoms with Gasteiger partial charge in [-0.3, -0.25) is 4.98 Å². The van der Waals surface area contributed by atoms with Crippen molar-refractivity contribution < 1.29 is 4.74 Å². The van der Waals surface area contributed by atoms with Gasteiger partial charge in [0.15, 0.2) is 0 Å². The fourth-order valence-corrected chi connectivity index (χ4v) is 2.10. The largest absolute Gasteiger partial charge is 0.492 e. The first-order valence-corrected chi connectivity index (χ1v) is 7.71. The van der Waals surface area contributed by atoms with E-state index >= 15 is 0 Å². The lowest BCUT2D eigenvalue weighted by atomic mass is 10.1. The van der Waals surface area contributed by atoms with Gasteiger partial charge in [0.25, 0.3) is 0 Å². The first kappa shape index (κ1) is 15.5. The monoisotopic (exact) mass is 284 g/mol. The molecule has 2 rings (SSSR count). The van der Waals surface area contributed by atoms with Gasteiger partial charge in [-0.05, 0) is 36.6 Å². The molecule has 1 aromatic heterocycles. The van der Waals surface area contributed by atoms with E-state index in [0.717, 1.165) is 43.9 Å². The number of benzene rings is 1. The lowest BCUT2D eigenvalue weighted by Crippen LogP contribution is -2.13. The molecular formula is C18H24N2O. The van der Waals surface area contributed by atoms with Gasteiger partial charge < -0.3 is 10.1 Å². The van der Waals surface area contributed by atoms with Crippen LogP contribution in [0, 0.1) is 0 Å². The smallest absolute Gasteiger partial charge is 0.138 e. The van der Waals surface area contributed by atoms with Crippen molar-refractivity contribution in [3.05, 3.63) is 48.3 Å². The minimum Gasteiger partial charge on any atom is -0.492 e. The Kier molecular flexibility index (Phi) is 6.22. The van der Waals surface area contributed by atoms with E-state index in [-0.39, 0.29) is 0 Å². The molecule has 21 heavy (non-hydrogen) atoms. The Morgan fingerprint density at radius 1 is 1.00 bits per heavy atom. The van der Waals surface area contributed by atoms with Gasteiger partial charge in [-0.25, -0.2) is 0 Å². The van der Waals surface area contributed by atoms with Crippen molar-refractivity contribution in [3.63, 3.8) is 0 Å². The third-order valence-corrected chi connectivity index (χ3v) is 3.23. The first-order chi connectivity index (χ1) is 10.3. The van der Waals surface area contributed by atoms with Gasteiger partial charge in [0.2, 0.25) is 0 Å². The topological polar surface area (TPSA) is 34.2 Å². The molecule has 0 saturated heterocycles. The lowest BCUT2D eigenvalue weighted by Gasteiger charge is -2.08. The van der Waals surface area contributed by atoms with Crippen LogP contribution in [0.25, 0.3) is 11.1 Å². The molecule has 1 heterocycles. The van der Waals surface area contributed by atoms with E-state index in [1.165, 1.54) is 11.1 Å². The molecule has 0 fully saturated rings. The normalized spacial score (nSPS) is 10.6. The number of nitrogens with zero attached hydrogens (tertiary/aromatic N) is 1. The van der Waals surface area contributed by atoms with Crippen molar-refractivity contribution in [3.8, 4) is 16.9 Å². The van der Waals surface area contributed by atoms with E-state index < -0.39 is 0 Å². The summed E-state index contributed by atoms with van der Waals surface area (Å²) < 4.78 is 5.63. The Morgan fingerprint density at radius 2 is 1.81 bits per heavy atom. The molecule has 0 atom stereocenters. The Morgan fingerprint density at radius 3 is 2.52 bits per heavy atom. The number of ether oxygens (including phenoxy) is 1. The van der Waals surface area contributed by atoms with E-state index in [1.807, 2.05) is 12.3 Å². The molecule has 2 aromatic rings. The van der Waals surface area contributed by atoms with Crippen LogP contribution < -0.4 is 10.1 Å². The zero-order valence-electron chi connectivity index (χ0n) is 12.9. The molecule has 3 heteroatoms. The van der Waals surface area contributed by atoms with Crippen LogP contribution >= 0.6 is 0 Å². The van der Waals surface area contributed by atoms with E-state index in [4.69, 9.17) is 4.74 Å². The molecule has 0 radical (unpaired) electrons. The SMILES string of the molecule is CCCNCc1ccc(-c2cncc(OCCC)c2)cc1. The second kappa shape index (κ2) is 8.42. The summed E-state index contributed by atoms with van der Waals surface area (Å²) >= 11 is 0. The number of rotatable bonds is 8. The van der Waals surface area contributed by atoms with Crippen molar-refractivity contribution in [2.24, 2.45) is 0 Å². The molecule has 0 amide bonds. The van der Waals surface area contributed by atoms with Gasteiger partial charge in [-0.15, -0.1) is 0 Å². The van der Waals surface area contributed by atoms with Crippen LogP contribution in [-0.4, -0.2) is 18.1 Å². The van der Waals surface area contributed by atoms with Crippen LogP contribution in [0.4, 0.5) is 0 Å². The molecule has 112 valence electrons. The predicted octanol–water partition coefficient (Wildman–Crippen LogP) is 4.04. The molecule has 0 saturated carbocycles. The van der Waals surface area contributed by atoms with Gasteiger partial charge in [0.05, 0.1) is 12.8 Å². The van der Waals surface area contributed by atoms with Crippen LogP contribution in [0.5, 0.6) is 5.75 Å². The molecular weight excluding hydrogens is 260 g/mol. The Hall–Kier alpha value is -1.87. The molecule has 0 aliphatic rings. The maximum atomic E-state index is 5.63. The predicted molar refractivity (Wildman–Crippen MR) is 87.5 cm³/mol. The molecule has 3 nitrogen and oxygen atoms in total. The van der Waals surface area contributed by atoms with E-state index in [0.29, 0.717) is 0 Å². The van der Waals surface area contributed by atoms with Crippen LogP contribution in [0.2, 0.25) is 0 Å². The third kappa shape index (κ3) is 4.87. The van der Waals surface area contributed by atoms with E-state index in [1.54, 1.807) is 6.20 Å². The van der Waals surface area contributed by atoms with Gasteiger partial charge in [-0.2, -0.15) is 0 Å². The van der Waals surface area contributed by atoms with Crippen molar-refractivity contribution in [2.45, 2.75) is 33.2 Å². The molecule has 0 aliphatic heterocycles. The zero-order chi connectivity index (χ0) is 14.9. The molecule has 0 unspecified atom stereocenters. The molecule has 0 spiro atoms. The summed E-state index contributed by atoms with van der Waals surface area (Å²) in [6.45, 7) is 6.99. The molecule has 0 aliphatic carbocycles. The van der Waals surface area contributed by atoms with Crippen LogP contribution in [0.1, 0.15) is 32.3 Å². The van der Waals surface area contributed by atoms with Crippen molar-refractivity contribution in [1.29, 1.82) is 0 Å². The van der Waals surface area contributed by atoms with Gasteiger partial charge >= 0.3 is 0 Å².